The first-order chi connectivity index (χ1) is 18.7. The highest BCUT2D eigenvalue weighted by Gasteiger charge is 2.33. The quantitative estimate of drug-likeness (QED) is 0.286. The number of nitrogens with one attached hydrogen (secondary N) is 1. The van der Waals surface area contributed by atoms with Gasteiger partial charge in [-0.2, -0.15) is 0 Å². The van der Waals surface area contributed by atoms with E-state index in [2.05, 4.69) is 5.32 Å². The molecule has 0 saturated carbocycles. The Morgan fingerprint density at radius 3 is 2.20 bits per heavy atom. The molecule has 0 saturated heterocycles. The number of nitro benzene ring substituents is 1. The van der Waals surface area contributed by atoms with Crippen molar-refractivity contribution in [1.29, 1.82) is 0 Å². The van der Waals surface area contributed by atoms with Crippen LogP contribution in [0.15, 0.2) is 83.8 Å². The van der Waals surface area contributed by atoms with E-state index in [1.54, 1.807) is 26.8 Å². The molecule has 212 valence electrons. The van der Waals surface area contributed by atoms with E-state index in [9.17, 15) is 32.5 Å². The standard InChI is InChI=1S/C28H31FN4O6S/c1-20(27(35)30-28(2,3)4)31(18-21-13-15-22(29)16-14-21)26(34)19-32(23-9-8-10-24(17-23)33(36)37)40(38,39)25-11-6-5-7-12-25/h5-17,20H,18-19H2,1-4H3,(H,30,35). The van der Waals surface area contributed by atoms with Gasteiger partial charge >= 0.3 is 0 Å². The van der Waals surface area contributed by atoms with Crippen LogP contribution in [-0.4, -0.2) is 48.2 Å². The van der Waals surface area contributed by atoms with Crippen LogP contribution >= 0.6 is 0 Å². The maximum Gasteiger partial charge on any atom is 0.271 e. The van der Waals surface area contributed by atoms with Crippen molar-refractivity contribution in [2.45, 2.75) is 50.7 Å². The summed E-state index contributed by atoms with van der Waals surface area (Å²) in [4.78, 5) is 38.7. The van der Waals surface area contributed by atoms with E-state index in [1.807, 2.05) is 0 Å². The topological polar surface area (TPSA) is 130 Å². The zero-order valence-electron chi connectivity index (χ0n) is 22.6. The molecule has 0 aromatic heterocycles. The molecular weight excluding hydrogens is 539 g/mol. The first kappa shape index (κ1) is 30.2. The normalized spacial score (nSPS) is 12.3. The zero-order valence-corrected chi connectivity index (χ0v) is 23.4. The maximum absolute atomic E-state index is 13.8. The molecule has 12 heteroatoms. The van der Waals surface area contributed by atoms with Crippen molar-refractivity contribution in [3.8, 4) is 0 Å². The van der Waals surface area contributed by atoms with Gasteiger partial charge in [0.15, 0.2) is 0 Å². The van der Waals surface area contributed by atoms with Gasteiger partial charge in [-0.25, -0.2) is 12.8 Å². The molecule has 0 aliphatic rings. The van der Waals surface area contributed by atoms with E-state index in [1.165, 1.54) is 78.6 Å². The van der Waals surface area contributed by atoms with Crippen LogP contribution in [0.5, 0.6) is 0 Å². The monoisotopic (exact) mass is 570 g/mol. The van der Waals surface area contributed by atoms with E-state index in [4.69, 9.17) is 0 Å². The highest BCUT2D eigenvalue weighted by molar-refractivity contribution is 7.92. The second-order valence-electron chi connectivity index (χ2n) is 10.2. The van der Waals surface area contributed by atoms with Crippen LogP contribution in [0.3, 0.4) is 0 Å². The van der Waals surface area contributed by atoms with Crippen LogP contribution in [0, 0.1) is 15.9 Å². The van der Waals surface area contributed by atoms with Gasteiger partial charge in [-0.1, -0.05) is 36.4 Å². The highest BCUT2D eigenvalue weighted by Crippen LogP contribution is 2.27. The second-order valence-corrected chi connectivity index (χ2v) is 12.0. The van der Waals surface area contributed by atoms with E-state index in [0.717, 1.165) is 10.4 Å². The number of halogens is 1. The van der Waals surface area contributed by atoms with E-state index >= 15 is 0 Å². The Kier molecular flexibility index (Phi) is 9.25. The van der Waals surface area contributed by atoms with E-state index in [-0.39, 0.29) is 22.8 Å². The van der Waals surface area contributed by atoms with Crippen LogP contribution in [0.2, 0.25) is 0 Å². The molecule has 40 heavy (non-hydrogen) atoms. The predicted octanol–water partition coefficient (Wildman–Crippen LogP) is 4.26. The molecule has 1 N–H and O–H groups in total. The average molecular weight is 571 g/mol. The van der Waals surface area contributed by atoms with Crippen molar-refractivity contribution in [3.05, 3.63) is 100 Å². The van der Waals surface area contributed by atoms with Gasteiger partial charge in [-0.15, -0.1) is 0 Å². The fourth-order valence-corrected chi connectivity index (χ4v) is 5.28. The smallest absolute Gasteiger partial charge is 0.271 e. The van der Waals surface area contributed by atoms with Crippen molar-refractivity contribution in [2.24, 2.45) is 0 Å². The number of rotatable bonds is 10. The summed E-state index contributed by atoms with van der Waals surface area (Å²) in [7, 11) is -4.37. The number of anilines is 1. The Labute approximate surface area is 232 Å². The van der Waals surface area contributed by atoms with Gasteiger partial charge in [-0.3, -0.25) is 24.0 Å². The Morgan fingerprint density at radius 1 is 1.00 bits per heavy atom. The number of hydrogen-bond donors (Lipinski definition) is 1. The van der Waals surface area contributed by atoms with Crippen molar-refractivity contribution in [1.82, 2.24) is 10.2 Å². The van der Waals surface area contributed by atoms with Gasteiger partial charge < -0.3 is 10.2 Å². The molecule has 0 aliphatic heterocycles. The SMILES string of the molecule is CC(C(=O)NC(C)(C)C)N(Cc1ccc(F)cc1)C(=O)CN(c1cccc([N+](=O)[O-])c1)S(=O)(=O)c1ccccc1. The lowest BCUT2D eigenvalue weighted by Crippen LogP contribution is -2.54. The summed E-state index contributed by atoms with van der Waals surface area (Å²) in [6.07, 6.45) is 0. The summed E-state index contributed by atoms with van der Waals surface area (Å²) in [6.45, 7) is 5.96. The highest BCUT2D eigenvalue weighted by atomic mass is 32.2. The zero-order chi connectivity index (χ0) is 29.7. The van der Waals surface area contributed by atoms with E-state index < -0.39 is 50.7 Å². The summed E-state index contributed by atoms with van der Waals surface area (Å²) in [5.74, 6) is -1.70. The minimum absolute atomic E-state index is 0.0973. The fourth-order valence-electron chi connectivity index (χ4n) is 3.85. The van der Waals surface area contributed by atoms with Crippen molar-refractivity contribution < 1.29 is 27.3 Å². The number of nitrogens with zero attached hydrogens (tertiary/aromatic N) is 3. The number of sulfonamides is 1. The van der Waals surface area contributed by atoms with Gasteiger partial charge in [0.05, 0.1) is 15.5 Å². The van der Waals surface area contributed by atoms with Gasteiger partial charge in [-0.05, 0) is 63.6 Å². The number of nitro groups is 1. The summed E-state index contributed by atoms with van der Waals surface area (Å²) in [6, 6.07) is 16.6. The fraction of sp³-hybridized carbons (Fsp3) is 0.286. The Morgan fingerprint density at radius 2 is 1.62 bits per heavy atom. The number of amides is 2. The minimum atomic E-state index is -4.37. The molecule has 10 nitrogen and oxygen atoms in total. The van der Waals surface area contributed by atoms with Crippen LogP contribution < -0.4 is 9.62 Å². The molecule has 3 aromatic carbocycles. The number of carbonyl (C=O) groups is 2. The summed E-state index contributed by atoms with van der Waals surface area (Å²) in [5.41, 5.74) is -0.557. The molecule has 1 atom stereocenters. The minimum Gasteiger partial charge on any atom is -0.350 e. The van der Waals surface area contributed by atoms with Crippen LogP contribution in [0.1, 0.15) is 33.3 Å². The van der Waals surface area contributed by atoms with Crippen LogP contribution in [0.4, 0.5) is 15.8 Å². The Balaban J connectivity index is 2.06. The largest absolute Gasteiger partial charge is 0.350 e. The molecule has 0 aliphatic carbocycles. The van der Waals surface area contributed by atoms with Gasteiger partial charge in [0, 0.05) is 24.2 Å². The molecular formula is C28H31FN4O6S. The lowest BCUT2D eigenvalue weighted by atomic mass is 10.1. The molecule has 2 amide bonds. The third-order valence-corrected chi connectivity index (χ3v) is 7.66. The molecule has 1 unspecified atom stereocenters. The van der Waals surface area contributed by atoms with Crippen molar-refractivity contribution in [3.63, 3.8) is 0 Å². The van der Waals surface area contributed by atoms with Crippen molar-refractivity contribution in [2.75, 3.05) is 10.8 Å². The van der Waals surface area contributed by atoms with Crippen LogP contribution in [0.25, 0.3) is 0 Å². The maximum atomic E-state index is 13.8. The molecule has 0 spiro atoms. The molecule has 3 aromatic rings. The third-order valence-electron chi connectivity index (χ3n) is 5.87. The molecule has 0 heterocycles. The molecule has 0 radical (unpaired) electrons. The molecule has 0 bridgehead atoms. The number of hydrogen-bond acceptors (Lipinski definition) is 6. The summed E-state index contributed by atoms with van der Waals surface area (Å²) < 4.78 is 41.8. The lowest BCUT2D eigenvalue weighted by molar-refractivity contribution is -0.384. The van der Waals surface area contributed by atoms with E-state index in [0.29, 0.717) is 5.56 Å². The molecule has 0 fully saturated rings. The van der Waals surface area contributed by atoms with Gasteiger partial charge in [0.25, 0.3) is 15.7 Å². The number of benzene rings is 3. The molecule has 3 rings (SSSR count). The Bertz CT molecular complexity index is 1470. The lowest BCUT2D eigenvalue weighted by Gasteiger charge is -2.33. The van der Waals surface area contributed by atoms with Gasteiger partial charge in [0.1, 0.15) is 18.4 Å². The average Bonchev–Trinajstić information content (AvgIpc) is 2.90. The summed E-state index contributed by atoms with van der Waals surface area (Å²) >= 11 is 0. The number of carbonyl (C=O) groups excluding carboxylic acids is 2. The number of non-ortho nitro benzene ring substituents is 1. The first-order valence-corrected chi connectivity index (χ1v) is 13.8. The second kappa shape index (κ2) is 12.2. The van der Waals surface area contributed by atoms with Gasteiger partial charge in [0.2, 0.25) is 11.8 Å². The van der Waals surface area contributed by atoms with Crippen molar-refractivity contribution >= 4 is 33.2 Å². The predicted molar refractivity (Wildman–Crippen MR) is 148 cm³/mol. The first-order valence-electron chi connectivity index (χ1n) is 12.4. The van der Waals surface area contributed by atoms with Crippen LogP contribution in [-0.2, 0) is 26.2 Å². The Hall–Kier alpha value is -4.32. The summed E-state index contributed by atoms with van der Waals surface area (Å²) in [5, 5.41) is 14.2. The third kappa shape index (κ3) is 7.63.